The molecule has 0 aliphatic rings. The molecule has 7 nitrogen and oxygen atoms in total. The van der Waals surface area contributed by atoms with Gasteiger partial charge in [0.1, 0.15) is 5.75 Å². The summed E-state index contributed by atoms with van der Waals surface area (Å²) in [7, 11) is 0. The maximum Gasteiger partial charge on any atom is 0.255 e. The van der Waals surface area contributed by atoms with Crippen LogP contribution >= 0.6 is 22.6 Å². The van der Waals surface area contributed by atoms with Gasteiger partial charge in [-0.25, -0.2) is 4.68 Å². The van der Waals surface area contributed by atoms with E-state index in [1.165, 1.54) is 0 Å². The summed E-state index contributed by atoms with van der Waals surface area (Å²) in [6.45, 7) is 3.89. The molecule has 150 valence electrons. The van der Waals surface area contributed by atoms with E-state index in [2.05, 4.69) is 43.2 Å². The molecule has 0 saturated heterocycles. The number of aryl methyl sites for hydroxylation is 2. The number of aromatic nitrogens is 4. The zero-order valence-corrected chi connectivity index (χ0v) is 18.5. The Morgan fingerprint density at radius 2 is 1.80 bits per heavy atom. The van der Waals surface area contributed by atoms with Crippen LogP contribution in [0.1, 0.15) is 21.7 Å². The zero-order valence-electron chi connectivity index (χ0n) is 16.3. The third-order valence-corrected chi connectivity index (χ3v) is 4.95. The van der Waals surface area contributed by atoms with Gasteiger partial charge >= 0.3 is 0 Å². The van der Waals surface area contributed by atoms with Crippen LogP contribution in [-0.2, 0) is 0 Å². The number of halogens is 1. The molecule has 2 aromatic carbocycles. The molecule has 0 aliphatic carbocycles. The second-order valence-corrected chi connectivity index (χ2v) is 7.91. The molecule has 1 N–H and O–H groups in total. The van der Waals surface area contributed by atoms with Gasteiger partial charge in [-0.3, -0.25) is 4.79 Å². The molecule has 0 spiro atoms. The van der Waals surface area contributed by atoms with E-state index >= 15 is 0 Å². The number of rotatable bonds is 5. The number of hydrogen-bond donors (Lipinski definition) is 1. The Hall–Kier alpha value is -3.27. The molecule has 4 aromatic rings. The van der Waals surface area contributed by atoms with E-state index < -0.39 is 0 Å². The molecular weight excluding hydrogens is 493 g/mol. The zero-order chi connectivity index (χ0) is 21.1. The standard InChI is InChI=1S/C22H18IN5O2/c1-14-12-15(2)28(27-14)20-10-11-21(26-25-20)30-19-8-6-18(7-9-19)24-22(29)16-4-3-5-17(23)13-16/h3-13H,1-2H3,(H,24,29). The first kappa shape index (κ1) is 20.0. The highest BCUT2D eigenvalue weighted by Crippen LogP contribution is 2.22. The van der Waals surface area contributed by atoms with Crippen molar-refractivity contribution in [2.24, 2.45) is 0 Å². The van der Waals surface area contributed by atoms with E-state index in [0.717, 1.165) is 15.0 Å². The molecule has 8 heteroatoms. The van der Waals surface area contributed by atoms with Crippen LogP contribution in [0.3, 0.4) is 0 Å². The van der Waals surface area contributed by atoms with Crippen molar-refractivity contribution in [3.05, 3.63) is 87.3 Å². The largest absolute Gasteiger partial charge is 0.438 e. The molecule has 1 amide bonds. The molecule has 0 unspecified atom stereocenters. The van der Waals surface area contributed by atoms with Crippen molar-refractivity contribution in [1.82, 2.24) is 20.0 Å². The molecule has 0 atom stereocenters. The Morgan fingerprint density at radius 3 is 2.43 bits per heavy atom. The molecular formula is C22H18IN5O2. The van der Waals surface area contributed by atoms with Crippen LogP contribution in [0, 0.1) is 17.4 Å². The van der Waals surface area contributed by atoms with Gasteiger partial charge in [0.2, 0.25) is 5.88 Å². The molecule has 30 heavy (non-hydrogen) atoms. The van der Waals surface area contributed by atoms with Gasteiger partial charge in [0.15, 0.2) is 5.82 Å². The summed E-state index contributed by atoms with van der Waals surface area (Å²) in [5.74, 6) is 1.43. The van der Waals surface area contributed by atoms with Crippen LogP contribution in [0.25, 0.3) is 5.82 Å². The highest BCUT2D eigenvalue weighted by Gasteiger charge is 2.08. The lowest BCUT2D eigenvalue weighted by atomic mass is 10.2. The van der Waals surface area contributed by atoms with Crippen LogP contribution in [0.5, 0.6) is 11.6 Å². The van der Waals surface area contributed by atoms with Gasteiger partial charge in [0.05, 0.1) is 5.69 Å². The van der Waals surface area contributed by atoms with Gasteiger partial charge < -0.3 is 10.1 Å². The van der Waals surface area contributed by atoms with Crippen molar-refractivity contribution < 1.29 is 9.53 Å². The van der Waals surface area contributed by atoms with E-state index in [0.29, 0.717) is 28.7 Å². The fourth-order valence-corrected chi connectivity index (χ4v) is 3.44. The van der Waals surface area contributed by atoms with Crippen molar-refractivity contribution >= 4 is 34.2 Å². The van der Waals surface area contributed by atoms with Crippen molar-refractivity contribution in [2.45, 2.75) is 13.8 Å². The summed E-state index contributed by atoms with van der Waals surface area (Å²) in [6, 6.07) is 20.0. The van der Waals surface area contributed by atoms with E-state index in [4.69, 9.17) is 4.74 Å². The normalized spacial score (nSPS) is 10.6. The summed E-state index contributed by atoms with van der Waals surface area (Å²) in [6.07, 6.45) is 0. The Morgan fingerprint density at radius 1 is 1.00 bits per heavy atom. The number of anilines is 1. The molecule has 0 bridgehead atoms. The number of benzene rings is 2. The van der Waals surface area contributed by atoms with E-state index in [1.807, 2.05) is 38.1 Å². The summed E-state index contributed by atoms with van der Waals surface area (Å²) < 4.78 is 8.49. The molecule has 0 aliphatic heterocycles. The molecule has 4 rings (SSSR count). The Kier molecular flexibility index (Phi) is 5.75. The van der Waals surface area contributed by atoms with Gasteiger partial charge in [-0.1, -0.05) is 6.07 Å². The van der Waals surface area contributed by atoms with Crippen LogP contribution in [0.15, 0.2) is 66.7 Å². The average Bonchev–Trinajstić information content (AvgIpc) is 3.08. The van der Waals surface area contributed by atoms with Crippen molar-refractivity contribution in [1.29, 1.82) is 0 Å². The minimum absolute atomic E-state index is 0.159. The highest BCUT2D eigenvalue weighted by atomic mass is 127. The number of nitrogens with zero attached hydrogens (tertiary/aromatic N) is 4. The monoisotopic (exact) mass is 511 g/mol. The van der Waals surface area contributed by atoms with Crippen LogP contribution in [0.2, 0.25) is 0 Å². The summed E-state index contributed by atoms with van der Waals surface area (Å²) in [5.41, 5.74) is 3.19. The fourth-order valence-electron chi connectivity index (χ4n) is 2.90. The summed E-state index contributed by atoms with van der Waals surface area (Å²) >= 11 is 2.18. The topological polar surface area (TPSA) is 81.9 Å². The highest BCUT2D eigenvalue weighted by molar-refractivity contribution is 14.1. The molecule has 0 fully saturated rings. The Bertz CT molecular complexity index is 1190. The number of amides is 1. The van der Waals surface area contributed by atoms with Gasteiger partial charge in [0, 0.05) is 26.6 Å². The predicted molar refractivity (Wildman–Crippen MR) is 122 cm³/mol. The Balaban J connectivity index is 1.41. The molecule has 0 radical (unpaired) electrons. The first-order chi connectivity index (χ1) is 14.5. The average molecular weight is 511 g/mol. The molecule has 2 aromatic heterocycles. The van der Waals surface area contributed by atoms with Crippen LogP contribution in [0.4, 0.5) is 5.69 Å². The van der Waals surface area contributed by atoms with E-state index in [-0.39, 0.29) is 5.91 Å². The summed E-state index contributed by atoms with van der Waals surface area (Å²) in [4.78, 5) is 12.3. The van der Waals surface area contributed by atoms with Gasteiger partial charge in [-0.2, -0.15) is 5.10 Å². The van der Waals surface area contributed by atoms with Crippen molar-refractivity contribution in [2.75, 3.05) is 5.32 Å². The minimum atomic E-state index is -0.159. The van der Waals surface area contributed by atoms with Crippen LogP contribution in [-0.4, -0.2) is 25.9 Å². The van der Waals surface area contributed by atoms with Crippen LogP contribution < -0.4 is 10.1 Å². The van der Waals surface area contributed by atoms with E-state index in [9.17, 15) is 4.79 Å². The maximum absolute atomic E-state index is 12.3. The quantitative estimate of drug-likeness (QED) is 0.385. The maximum atomic E-state index is 12.3. The second-order valence-electron chi connectivity index (χ2n) is 6.66. The Labute approximate surface area is 187 Å². The number of ether oxygens (including phenoxy) is 1. The van der Waals surface area contributed by atoms with Crippen molar-refractivity contribution in [3.63, 3.8) is 0 Å². The number of carbonyl (C=O) groups is 1. The van der Waals surface area contributed by atoms with Gasteiger partial charge in [-0.05, 0) is 91.0 Å². The second kappa shape index (κ2) is 8.62. The third kappa shape index (κ3) is 4.65. The van der Waals surface area contributed by atoms with Crippen molar-refractivity contribution in [3.8, 4) is 17.4 Å². The number of carbonyl (C=O) groups excluding carboxylic acids is 1. The van der Waals surface area contributed by atoms with E-state index in [1.54, 1.807) is 47.1 Å². The lowest BCUT2D eigenvalue weighted by Gasteiger charge is -2.08. The molecule has 0 saturated carbocycles. The predicted octanol–water partition coefficient (Wildman–Crippen LogP) is 4.93. The lowest BCUT2D eigenvalue weighted by molar-refractivity contribution is 0.102. The first-order valence-corrected chi connectivity index (χ1v) is 10.3. The third-order valence-electron chi connectivity index (χ3n) is 4.27. The SMILES string of the molecule is Cc1cc(C)n(-c2ccc(Oc3ccc(NC(=O)c4cccc(I)c4)cc3)nn2)n1. The lowest BCUT2D eigenvalue weighted by Crippen LogP contribution is -2.11. The van der Waals surface area contributed by atoms with Gasteiger partial charge in [-0.15, -0.1) is 10.2 Å². The van der Waals surface area contributed by atoms with Gasteiger partial charge in [0.25, 0.3) is 5.91 Å². The molecule has 2 heterocycles. The fraction of sp³-hybridized carbons (Fsp3) is 0.0909. The first-order valence-electron chi connectivity index (χ1n) is 9.20. The smallest absolute Gasteiger partial charge is 0.255 e. The minimum Gasteiger partial charge on any atom is -0.438 e. The summed E-state index contributed by atoms with van der Waals surface area (Å²) in [5, 5.41) is 15.6. The number of nitrogens with one attached hydrogen (secondary N) is 1. The number of hydrogen-bond acceptors (Lipinski definition) is 5.